The van der Waals surface area contributed by atoms with Crippen molar-refractivity contribution in [1.29, 1.82) is 0 Å². The first-order chi connectivity index (χ1) is 11.4. The van der Waals surface area contributed by atoms with Gasteiger partial charge in [-0.2, -0.15) is 5.10 Å². The highest BCUT2D eigenvalue weighted by molar-refractivity contribution is 5.10. The van der Waals surface area contributed by atoms with E-state index < -0.39 is 0 Å². The molecule has 1 aromatic rings. The molecule has 1 aromatic heterocycles. The van der Waals surface area contributed by atoms with Gasteiger partial charge in [-0.1, -0.05) is 20.8 Å². The minimum atomic E-state index is -0.0348. The van der Waals surface area contributed by atoms with Gasteiger partial charge in [-0.05, 0) is 44.2 Å². The van der Waals surface area contributed by atoms with Gasteiger partial charge < -0.3 is 4.74 Å². The third kappa shape index (κ3) is 4.25. The highest BCUT2D eigenvalue weighted by Crippen LogP contribution is 2.24. The molecule has 3 heterocycles. The molecule has 0 spiro atoms. The first kappa shape index (κ1) is 17.6. The lowest BCUT2D eigenvalue weighted by atomic mass is 9.92. The van der Waals surface area contributed by atoms with Crippen molar-refractivity contribution in [2.75, 3.05) is 26.3 Å². The third-order valence-corrected chi connectivity index (χ3v) is 5.35. The fraction of sp³-hybridized carbons (Fsp3) is 0.789. The lowest BCUT2D eigenvalue weighted by Gasteiger charge is -2.31. The van der Waals surface area contributed by atoms with E-state index >= 15 is 0 Å². The summed E-state index contributed by atoms with van der Waals surface area (Å²) in [6.45, 7) is 11.2. The Bertz CT molecular complexity index is 599. The molecule has 1 atom stereocenters. The molecule has 0 aromatic carbocycles. The van der Waals surface area contributed by atoms with E-state index in [2.05, 4.69) is 30.8 Å². The molecular formula is C19H31N3O2. The lowest BCUT2D eigenvalue weighted by molar-refractivity contribution is 0.0493. The van der Waals surface area contributed by atoms with Crippen LogP contribution in [0, 0.1) is 5.92 Å². The molecule has 0 bridgehead atoms. The summed E-state index contributed by atoms with van der Waals surface area (Å²) in [7, 11) is 0. The Morgan fingerprint density at radius 1 is 1.17 bits per heavy atom. The molecule has 2 aliphatic rings. The minimum absolute atomic E-state index is 0.0147. The first-order valence-electron chi connectivity index (χ1n) is 9.34. The van der Waals surface area contributed by atoms with Gasteiger partial charge in [0.05, 0.1) is 12.2 Å². The quantitative estimate of drug-likeness (QED) is 0.849. The van der Waals surface area contributed by atoms with Gasteiger partial charge in [0.15, 0.2) is 0 Å². The highest BCUT2D eigenvalue weighted by Gasteiger charge is 2.28. The number of aromatic nitrogens is 2. The zero-order valence-electron chi connectivity index (χ0n) is 15.3. The average molecular weight is 333 g/mol. The molecule has 5 nitrogen and oxygen atoms in total. The van der Waals surface area contributed by atoms with Crippen LogP contribution in [0.4, 0.5) is 0 Å². The number of ether oxygens (including phenoxy) is 1. The van der Waals surface area contributed by atoms with Crippen molar-refractivity contribution < 1.29 is 4.74 Å². The Labute approximate surface area is 145 Å². The number of likely N-dealkylation sites (tertiary alicyclic amines) is 1. The van der Waals surface area contributed by atoms with E-state index in [1.165, 1.54) is 19.3 Å². The van der Waals surface area contributed by atoms with E-state index in [-0.39, 0.29) is 11.0 Å². The van der Waals surface area contributed by atoms with Gasteiger partial charge in [0.1, 0.15) is 0 Å². The summed E-state index contributed by atoms with van der Waals surface area (Å²) in [5.74, 6) is 0.741. The lowest BCUT2D eigenvalue weighted by Crippen LogP contribution is -2.40. The van der Waals surface area contributed by atoms with Crippen molar-refractivity contribution in [2.45, 2.75) is 64.5 Å². The fourth-order valence-electron chi connectivity index (χ4n) is 3.78. The number of rotatable bonds is 4. The van der Waals surface area contributed by atoms with Crippen LogP contribution >= 0.6 is 0 Å². The van der Waals surface area contributed by atoms with E-state index in [1.807, 2.05) is 6.07 Å². The van der Waals surface area contributed by atoms with Gasteiger partial charge in [-0.3, -0.25) is 9.69 Å². The van der Waals surface area contributed by atoms with E-state index in [0.717, 1.165) is 44.3 Å². The van der Waals surface area contributed by atoms with Gasteiger partial charge in [0, 0.05) is 37.3 Å². The van der Waals surface area contributed by atoms with Crippen LogP contribution in [0.3, 0.4) is 0 Å². The summed E-state index contributed by atoms with van der Waals surface area (Å²) in [5.41, 5.74) is 0.962. The average Bonchev–Trinajstić information content (AvgIpc) is 2.96. The largest absolute Gasteiger partial charge is 0.381 e. The summed E-state index contributed by atoms with van der Waals surface area (Å²) in [6.07, 6.45) is 4.72. The molecule has 2 aliphatic heterocycles. The van der Waals surface area contributed by atoms with Crippen LogP contribution in [0.25, 0.3) is 0 Å². The molecule has 2 saturated heterocycles. The van der Waals surface area contributed by atoms with Crippen molar-refractivity contribution in [3.63, 3.8) is 0 Å². The predicted molar refractivity (Wildman–Crippen MR) is 95.3 cm³/mol. The van der Waals surface area contributed by atoms with Crippen LogP contribution in [0.5, 0.6) is 0 Å². The molecule has 0 saturated carbocycles. The van der Waals surface area contributed by atoms with Crippen molar-refractivity contribution in [2.24, 2.45) is 5.92 Å². The van der Waals surface area contributed by atoms with Gasteiger partial charge in [0.2, 0.25) is 0 Å². The van der Waals surface area contributed by atoms with Crippen molar-refractivity contribution in [3.8, 4) is 0 Å². The molecule has 3 rings (SSSR count). The smallest absolute Gasteiger partial charge is 0.266 e. The van der Waals surface area contributed by atoms with E-state index in [1.54, 1.807) is 10.7 Å². The SMILES string of the molecule is CC(C)(C)c1ccc(=O)n(CC2CCCN2CC2CCOCC2)n1. The summed E-state index contributed by atoms with van der Waals surface area (Å²) < 4.78 is 7.16. The second kappa shape index (κ2) is 7.36. The molecule has 0 N–H and O–H groups in total. The summed E-state index contributed by atoms with van der Waals surface area (Å²) in [6, 6.07) is 3.98. The summed E-state index contributed by atoms with van der Waals surface area (Å²) >= 11 is 0. The molecule has 5 heteroatoms. The number of hydrogen-bond acceptors (Lipinski definition) is 4. The molecule has 134 valence electrons. The zero-order chi connectivity index (χ0) is 17.2. The van der Waals surface area contributed by atoms with Crippen molar-refractivity contribution in [3.05, 3.63) is 28.2 Å². The maximum Gasteiger partial charge on any atom is 0.266 e. The summed E-state index contributed by atoms with van der Waals surface area (Å²) in [5, 5.41) is 4.65. The second-order valence-electron chi connectivity index (χ2n) is 8.34. The van der Waals surface area contributed by atoms with Crippen molar-refractivity contribution in [1.82, 2.24) is 14.7 Å². The molecule has 24 heavy (non-hydrogen) atoms. The van der Waals surface area contributed by atoms with E-state index in [9.17, 15) is 4.79 Å². The molecule has 0 aliphatic carbocycles. The van der Waals surface area contributed by atoms with Crippen LogP contribution in [-0.4, -0.2) is 47.0 Å². The maximum atomic E-state index is 12.2. The normalized spacial score (nSPS) is 23.7. The van der Waals surface area contributed by atoms with E-state index in [0.29, 0.717) is 12.6 Å². The van der Waals surface area contributed by atoms with Crippen LogP contribution in [-0.2, 0) is 16.7 Å². The van der Waals surface area contributed by atoms with Gasteiger partial charge in [-0.15, -0.1) is 0 Å². The molecule has 0 amide bonds. The standard InChI is InChI=1S/C19H31N3O2/c1-19(2,3)17-6-7-18(23)22(20-17)14-16-5-4-10-21(16)13-15-8-11-24-12-9-15/h6-7,15-16H,4-5,8-14H2,1-3H3. The van der Waals surface area contributed by atoms with Crippen LogP contribution in [0.1, 0.15) is 52.1 Å². The Kier molecular flexibility index (Phi) is 5.40. The first-order valence-corrected chi connectivity index (χ1v) is 9.34. The Balaban J connectivity index is 1.69. The Morgan fingerprint density at radius 3 is 2.62 bits per heavy atom. The minimum Gasteiger partial charge on any atom is -0.381 e. The summed E-state index contributed by atoms with van der Waals surface area (Å²) in [4.78, 5) is 14.8. The molecular weight excluding hydrogens is 302 g/mol. The van der Waals surface area contributed by atoms with Gasteiger partial charge in [-0.25, -0.2) is 4.68 Å². The number of hydrogen-bond donors (Lipinski definition) is 0. The second-order valence-corrected chi connectivity index (χ2v) is 8.34. The van der Waals surface area contributed by atoms with Gasteiger partial charge >= 0.3 is 0 Å². The highest BCUT2D eigenvalue weighted by atomic mass is 16.5. The number of nitrogens with zero attached hydrogens (tertiary/aromatic N) is 3. The monoisotopic (exact) mass is 333 g/mol. The predicted octanol–water partition coefficient (Wildman–Crippen LogP) is 2.43. The zero-order valence-corrected chi connectivity index (χ0v) is 15.3. The van der Waals surface area contributed by atoms with E-state index in [4.69, 9.17) is 4.74 Å². The van der Waals surface area contributed by atoms with Gasteiger partial charge in [0.25, 0.3) is 5.56 Å². The Hall–Kier alpha value is -1.20. The Morgan fingerprint density at radius 2 is 1.92 bits per heavy atom. The molecule has 0 radical (unpaired) electrons. The maximum absolute atomic E-state index is 12.2. The van der Waals surface area contributed by atoms with Crippen LogP contribution in [0.15, 0.2) is 16.9 Å². The molecule has 2 fully saturated rings. The topological polar surface area (TPSA) is 47.4 Å². The van der Waals surface area contributed by atoms with Crippen molar-refractivity contribution >= 4 is 0 Å². The van der Waals surface area contributed by atoms with Crippen LogP contribution < -0.4 is 5.56 Å². The fourth-order valence-corrected chi connectivity index (χ4v) is 3.78. The van der Waals surface area contributed by atoms with Crippen LogP contribution in [0.2, 0.25) is 0 Å². The third-order valence-electron chi connectivity index (χ3n) is 5.35. The molecule has 1 unspecified atom stereocenters.